The SMILES string of the molecule is CC1CSC(=NCCc2ncon2)N1. The van der Waals surface area contributed by atoms with E-state index in [0.29, 0.717) is 18.4 Å². The number of nitrogens with zero attached hydrogens (tertiary/aromatic N) is 3. The summed E-state index contributed by atoms with van der Waals surface area (Å²) >= 11 is 1.76. The van der Waals surface area contributed by atoms with Gasteiger partial charge in [-0.25, -0.2) is 0 Å². The normalized spacial score (nSPS) is 24.1. The standard InChI is InChI=1S/C8H12N4OS/c1-6-4-14-8(11-6)9-3-2-7-10-5-13-12-7/h5-6H,2-4H2,1H3,(H,9,11). The molecule has 0 radical (unpaired) electrons. The third-order valence-electron chi connectivity index (χ3n) is 1.84. The molecule has 2 rings (SSSR count). The predicted octanol–water partition coefficient (Wildman–Crippen LogP) is 0.693. The summed E-state index contributed by atoms with van der Waals surface area (Å²) < 4.78 is 4.62. The topological polar surface area (TPSA) is 63.3 Å². The van der Waals surface area contributed by atoms with Crippen LogP contribution in [0.15, 0.2) is 15.9 Å². The van der Waals surface area contributed by atoms with Crippen molar-refractivity contribution in [3.8, 4) is 0 Å². The van der Waals surface area contributed by atoms with E-state index >= 15 is 0 Å². The maximum atomic E-state index is 4.62. The summed E-state index contributed by atoms with van der Waals surface area (Å²) in [5, 5.41) is 8.02. The van der Waals surface area contributed by atoms with Gasteiger partial charge in [-0.2, -0.15) is 4.98 Å². The minimum absolute atomic E-state index is 0.531. The molecule has 1 saturated heterocycles. The van der Waals surface area contributed by atoms with Crippen molar-refractivity contribution in [3.05, 3.63) is 12.2 Å². The van der Waals surface area contributed by atoms with E-state index in [1.165, 1.54) is 6.39 Å². The van der Waals surface area contributed by atoms with E-state index in [0.717, 1.165) is 17.3 Å². The highest BCUT2D eigenvalue weighted by Crippen LogP contribution is 2.12. The van der Waals surface area contributed by atoms with E-state index in [-0.39, 0.29) is 0 Å². The molecule has 1 aliphatic rings. The van der Waals surface area contributed by atoms with Crippen molar-refractivity contribution >= 4 is 16.9 Å². The molecule has 0 bridgehead atoms. The smallest absolute Gasteiger partial charge is 0.213 e. The first-order valence-corrected chi connectivity index (χ1v) is 5.52. The molecule has 0 aromatic carbocycles. The van der Waals surface area contributed by atoms with Crippen LogP contribution in [0.3, 0.4) is 0 Å². The van der Waals surface area contributed by atoms with Crippen LogP contribution in [0.2, 0.25) is 0 Å². The molecule has 1 N–H and O–H groups in total. The first-order valence-electron chi connectivity index (χ1n) is 4.53. The fraction of sp³-hybridized carbons (Fsp3) is 0.625. The predicted molar refractivity (Wildman–Crippen MR) is 55.4 cm³/mol. The van der Waals surface area contributed by atoms with Gasteiger partial charge in [0.05, 0.1) is 0 Å². The molecule has 0 saturated carbocycles. The number of nitrogens with one attached hydrogen (secondary N) is 1. The molecule has 0 aliphatic carbocycles. The zero-order chi connectivity index (χ0) is 9.80. The lowest BCUT2D eigenvalue weighted by molar-refractivity contribution is 0.410. The van der Waals surface area contributed by atoms with Gasteiger partial charge in [0.15, 0.2) is 11.0 Å². The number of aliphatic imine (C=N–C) groups is 1. The second kappa shape index (κ2) is 4.45. The monoisotopic (exact) mass is 212 g/mol. The zero-order valence-electron chi connectivity index (χ0n) is 7.93. The molecule has 2 heterocycles. The maximum Gasteiger partial charge on any atom is 0.213 e. The Hall–Kier alpha value is -1.04. The lowest BCUT2D eigenvalue weighted by atomic mass is 10.4. The molecule has 0 spiro atoms. The van der Waals surface area contributed by atoms with E-state index in [2.05, 4.69) is 31.9 Å². The number of hydrogen-bond donors (Lipinski definition) is 1. The molecule has 76 valence electrons. The van der Waals surface area contributed by atoms with E-state index in [4.69, 9.17) is 0 Å². The highest BCUT2D eigenvalue weighted by Gasteiger charge is 2.14. The van der Waals surface area contributed by atoms with Gasteiger partial charge < -0.3 is 9.84 Å². The lowest BCUT2D eigenvalue weighted by Crippen LogP contribution is -2.23. The number of aromatic nitrogens is 2. The average Bonchev–Trinajstić information content (AvgIpc) is 2.77. The van der Waals surface area contributed by atoms with Crippen LogP contribution in [-0.4, -0.2) is 33.6 Å². The number of thioether (sulfide) groups is 1. The molecule has 1 unspecified atom stereocenters. The van der Waals surface area contributed by atoms with Crippen molar-refractivity contribution in [2.75, 3.05) is 12.3 Å². The molecule has 1 atom stereocenters. The molecular weight excluding hydrogens is 200 g/mol. The third-order valence-corrected chi connectivity index (χ3v) is 3.02. The quantitative estimate of drug-likeness (QED) is 0.798. The number of amidine groups is 1. The molecule has 1 aromatic rings. The van der Waals surface area contributed by atoms with Gasteiger partial charge in [-0.1, -0.05) is 16.9 Å². The Morgan fingerprint density at radius 3 is 3.36 bits per heavy atom. The van der Waals surface area contributed by atoms with E-state index in [1.54, 1.807) is 11.8 Å². The second-order valence-corrected chi connectivity index (χ2v) is 4.15. The van der Waals surface area contributed by atoms with Crippen LogP contribution in [0.4, 0.5) is 0 Å². The Labute approximate surface area is 86.4 Å². The number of rotatable bonds is 3. The summed E-state index contributed by atoms with van der Waals surface area (Å²) in [6.07, 6.45) is 2.07. The van der Waals surface area contributed by atoms with Gasteiger partial charge in [0.25, 0.3) is 0 Å². The van der Waals surface area contributed by atoms with Gasteiger partial charge >= 0.3 is 0 Å². The van der Waals surface area contributed by atoms with Crippen molar-refractivity contribution in [2.24, 2.45) is 4.99 Å². The highest BCUT2D eigenvalue weighted by molar-refractivity contribution is 8.14. The van der Waals surface area contributed by atoms with Gasteiger partial charge in [0.2, 0.25) is 6.39 Å². The van der Waals surface area contributed by atoms with Crippen molar-refractivity contribution < 1.29 is 4.52 Å². The van der Waals surface area contributed by atoms with E-state index in [1.807, 2.05) is 0 Å². The van der Waals surface area contributed by atoms with Crippen molar-refractivity contribution in [3.63, 3.8) is 0 Å². The Morgan fingerprint density at radius 1 is 1.79 bits per heavy atom. The number of hydrogen-bond acceptors (Lipinski definition) is 5. The van der Waals surface area contributed by atoms with Crippen molar-refractivity contribution in [1.29, 1.82) is 0 Å². The summed E-state index contributed by atoms with van der Waals surface area (Å²) in [6, 6.07) is 0.531. The maximum absolute atomic E-state index is 4.62. The van der Waals surface area contributed by atoms with Crippen LogP contribution in [0.1, 0.15) is 12.7 Å². The summed E-state index contributed by atoms with van der Waals surface area (Å²) in [6.45, 7) is 2.86. The third kappa shape index (κ3) is 2.47. The molecule has 1 fully saturated rings. The van der Waals surface area contributed by atoms with Gasteiger partial charge in [-0.15, -0.1) is 0 Å². The largest absolute Gasteiger partial charge is 0.362 e. The summed E-state index contributed by atoms with van der Waals surface area (Å²) in [5.41, 5.74) is 0. The Bertz CT molecular complexity index is 311. The van der Waals surface area contributed by atoms with Gasteiger partial charge in [0.1, 0.15) is 0 Å². The van der Waals surface area contributed by atoms with Gasteiger partial charge in [0, 0.05) is 24.8 Å². The fourth-order valence-electron chi connectivity index (χ4n) is 1.15. The highest BCUT2D eigenvalue weighted by atomic mass is 32.2. The fourth-order valence-corrected chi connectivity index (χ4v) is 2.11. The van der Waals surface area contributed by atoms with E-state index < -0.39 is 0 Å². The van der Waals surface area contributed by atoms with Crippen LogP contribution < -0.4 is 5.32 Å². The molecule has 5 nitrogen and oxygen atoms in total. The van der Waals surface area contributed by atoms with Crippen molar-refractivity contribution in [2.45, 2.75) is 19.4 Å². The van der Waals surface area contributed by atoms with Crippen LogP contribution in [0.25, 0.3) is 0 Å². The Kier molecular flexibility index (Phi) is 3.03. The molecule has 1 aliphatic heterocycles. The van der Waals surface area contributed by atoms with Crippen LogP contribution in [0, 0.1) is 0 Å². The van der Waals surface area contributed by atoms with Crippen molar-refractivity contribution in [1.82, 2.24) is 15.5 Å². The summed E-state index contributed by atoms with van der Waals surface area (Å²) in [5.74, 6) is 1.81. The molecule has 6 heteroatoms. The second-order valence-electron chi connectivity index (χ2n) is 3.14. The molecule has 1 aromatic heterocycles. The Morgan fingerprint density at radius 2 is 2.71 bits per heavy atom. The first kappa shape index (κ1) is 9.51. The van der Waals surface area contributed by atoms with Crippen LogP contribution in [-0.2, 0) is 6.42 Å². The molecule has 14 heavy (non-hydrogen) atoms. The minimum atomic E-state index is 0.531. The first-order chi connectivity index (χ1) is 6.84. The van der Waals surface area contributed by atoms with Gasteiger partial charge in [-0.05, 0) is 6.92 Å². The molecular formula is C8H12N4OS. The van der Waals surface area contributed by atoms with Gasteiger partial charge in [-0.3, -0.25) is 4.99 Å². The lowest BCUT2D eigenvalue weighted by Gasteiger charge is -1.99. The summed E-state index contributed by atoms with van der Waals surface area (Å²) in [7, 11) is 0. The van der Waals surface area contributed by atoms with Crippen LogP contribution >= 0.6 is 11.8 Å². The van der Waals surface area contributed by atoms with Crippen LogP contribution in [0.5, 0.6) is 0 Å². The average molecular weight is 212 g/mol. The Balaban J connectivity index is 1.77. The minimum Gasteiger partial charge on any atom is -0.362 e. The zero-order valence-corrected chi connectivity index (χ0v) is 8.75. The van der Waals surface area contributed by atoms with E-state index in [9.17, 15) is 0 Å². The summed E-state index contributed by atoms with van der Waals surface area (Å²) in [4.78, 5) is 8.32. The molecule has 0 amide bonds.